The van der Waals surface area contributed by atoms with Crippen LogP contribution in [0.25, 0.3) is 0 Å². The van der Waals surface area contributed by atoms with Gasteiger partial charge >= 0.3 is 0 Å². The molecule has 0 amide bonds. The molecular formula is C23H28O7. The van der Waals surface area contributed by atoms with Crippen LogP contribution >= 0.6 is 0 Å². The number of fused-ring (bicyclic) bond motifs is 1. The van der Waals surface area contributed by atoms with Gasteiger partial charge in [0.25, 0.3) is 5.78 Å². The highest BCUT2D eigenvalue weighted by atomic mass is 16.5. The monoisotopic (exact) mass is 416 g/mol. The van der Waals surface area contributed by atoms with E-state index in [2.05, 4.69) is 6.58 Å². The molecule has 7 nitrogen and oxygen atoms in total. The van der Waals surface area contributed by atoms with E-state index in [1.54, 1.807) is 27.4 Å². The maximum Gasteiger partial charge on any atom is 0.265 e. The van der Waals surface area contributed by atoms with E-state index in [0.29, 0.717) is 29.4 Å². The van der Waals surface area contributed by atoms with Crippen LogP contribution in [0.15, 0.2) is 48.1 Å². The normalized spacial score (nSPS) is 25.1. The summed E-state index contributed by atoms with van der Waals surface area (Å²) in [4.78, 5) is 12.8. The van der Waals surface area contributed by atoms with Crippen molar-refractivity contribution in [2.75, 3.05) is 35.5 Å². The number of carbonyl (C=O) groups is 1. The first kappa shape index (κ1) is 21.6. The second-order valence-corrected chi connectivity index (χ2v) is 7.20. The molecule has 1 heterocycles. The average Bonchev–Trinajstić information content (AvgIpc) is 3.03. The Hall–Kier alpha value is -3.09. The maximum atomic E-state index is 12.8. The van der Waals surface area contributed by atoms with Crippen LogP contribution in [0.5, 0.6) is 17.2 Å². The Balaban J connectivity index is 2.29. The number of ketones is 1. The summed E-state index contributed by atoms with van der Waals surface area (Å²) in [6, 6.07) is 3.81. The lowest BCUT2D eigenvalue weighted by atomic mass is 9.66. The molecule has 1 aliphatic carbocycles. The van der Waals surface area contributed by atoms with Gasteiger partial charge in [0.1, 0.15) is 6.10 Å². The van der Waals surface area contributed by atoms with Crippen LogP contribution in [-0.4, -0.2) is 47.4 Å². The van der Waals surface area contributed by atoms with Crippen molar-refractivity contribution in [1.82, 2.24) is 0 Å². The van der Waals surface area contributed by atoms with Gasteiger partial charge in [0, 0.05) is 5.92 Å². The highest BCUT2D eigenvalue weighted by Crippen LogP contribution is 2.59. The fraction of sp³-hybridized carbons (Fsp3) is 0.435. The number of carbonyl (C=O) groups excluding carboxylic acids is 1. The van der Waals surface area contributed by atoms with Crippen LogP contribution in [0.4, 0.5) is 0 Å². The highest BCUT2D eigenvalue weighted by Gasteiger charge is 2.57. The number of Topliss-reactive ketones (excluding diaryl/α,β-unsaturated/α-hetero) is 1. The number of allylic oxidation sites excluding steroid dienone is 2. The first-order valence-corrected chi connectivity index (χ1v) is 9.60. The molecule has 1 aliphatic heterocycles. The van der Waals surface area contributed by atoms with E-state index in [1.165, 1.54) is 14.2 Å². The number of rotatable bonds is 8. The molecule has 2 aliphatic rings. The lowest BCUT2D eigenvalue weighted by molar-refractivity contribution is -0.119. The van der Waals surface area contributed by atoms with E-state index in [-0.39, 0.29) is 29.3 Å². The Morgan fingerprint density at radius 1 is 1.03 bits per heavy atom. The first-order valence-electron chi connectivity index (χ1n) is 9.60. The van der Waals surface area contributed by atoms with Crippen molar-refractivity contribution in [2.24, 2.45) is 5.41 Å². The Morgan fingerprint density at radius 2 is 1.67 bits per heavy atom. The largest absolute Gasteiger partial charge is 0.493 e. The van der Waals surface area contributed by atoms with Gasteiger partial charge in [-0.15, -0.1) is 6.58 Å². The zero-order valence-corrected chi connectivity index (χ0v) is 18.2. The fourth-order valence-corrected chi connectivity index (χ4v) is 4.56. The molecule has 30 heavy (non-hydrogen) atoms. The average molecular weight is 416 g/mol. The van der Waals surface area contributed by atoms with Gasteiger partial charge in [-0.25, -0.2) is 0 Å². The summed E-state index contributed by atoms with van der Waals surface area (Å²) in [6.07, 6.45) is 3.88. The van der Waals surface area contributed by atoms with Crippen molar-refractivity contribution in [2.45, 2.75) is 25.4 Å². The summed E-state index contributed by atoms with van der Waals surface area (Å²) >= 11 is 0. The van der Waals surface area contributed by atoms with Gasteiger partial charge in [0.2, 0.25) is 11.5 Å². The van der Waals surface area contributed by atoms with Crippen LogP contribution in [0.3, 0.4) is 0 Å². The van der Waals surface area contributed by atoms with E-state index < -0.39 is 5.41 Å². The minimum absolute atomic E-state index is 0.151. The summed E-state index contributed by atoms with van der Waals surface area (Å²) < 4.78 is 33.6. The van der Waals surface area contributed by atoms with Crippen molar-refractivity contribution < 1.29 is 33.2 Å². The molecule has 0 saturated carbocycles. The third kappa shape index (κ3) is 3.09. The minimum Gasteiger partial charge on any atom is -0.493 e. The third-order valence-corrected chi connectivity index (χ3v) is 5.73. The lowest BCUT2D eigenvalue weighted by Gasteiger charge is -2.35. The van der Waals surface area contributed by atoms with Crippen LogP contribution in [0.2, 0.25) is 0 Å². The standard InChI is InChI=1S/C23H28O7/c1-8-9-23-12-17(27-5)19(24)21(29-7)22(23)30-13(2)18(23)14-10-15(25-3)20(28-6)16(11-14)26-4/h8,10-13,18H,1,9H2,2-7H3/t13-,18+,23+/m1/s1. The smallest absolute Gasteiger partial charge is 0.265 e. The molecule has 1 saturated heterocycles. The lowest BCUT2D eigenvalue weighted by Crippen LogP contribution is -2.33. The predicted octanol–water partition coefficient (Wildman–Crippen LogP) is 3.75. The molecule has 0 unspecified atom stereocenters. The van der Waals surface area contributed by atoms with E-state index >= 15 is 0 Å². The first-order chi connectivity index (χ1) is 14.4. The van der Waals surface area contributed by atoms with Crippen molar-refractivity contribution in [3.63, 3.8) is 0 Å². The molecule has 0 radical (unpaired) electrons. The maximum absolute atomic E-state index is 12.8. The number of ether oxygens (including phenoxy) is 6. The molecule has 0 bridgehead atoms. The van der Waals surface area contributed by atoms with Gasteiger partial charge in [-0.2, -0.15) is 0 Å². The van der Waals surface area contributed by atoms with E-state index in [0.717, 1.165) is 5.56 Å². The van der Waals surface area contributed by atoms with Crippen molar-refractivity contribution >= 4 is 5.78 Å². The third-order valence-electron chi connectivity index (χ3n) is 5.73. The summed E-state index contributed by atoms with van der Waals surface area (Å²) in [7, 11) is 7.64. The Kier molecular flexibility index (Phi) is 6.01. The molecule has 0 aromatic heterocycles. The van der Waals surface area contributed by atoms with Crippen LogP contribution in [0, 0.1) is 5.41 Å². The number of hydrogen-bond acceptors (Lipinski definition) is 7. The van der Waals surface area contributed by atoms with E-state index in [4.69, 9.17) is 28.4 Å². The van der Waals surface area contributed by atoms with Gasteiger partial charge in [-0.05, 0) is 37.1 Å². The van der Waals surface area contributed by atoms with Gasteiger partial charge in [0.15, 0.2) is 23.0 Å². The molecule has 7 heteroatoms. The zero-order chi connectivity index (χ0) is 22.1. The topological polar surface area (TPSA) is 72.5 Å². The fourth-order valence-electron chi connectivity index (χ4n) is 4.56. The second-order valence-electron chi connectivity index (χ2n) is 7.20. The Labute approximate surface area is 176 Å². The Morgan fingerprint density at radius 3 is 2.13 bits per heavy atom. The molecule has 1 aromatic carbocycles. The minimum atomic E-state index is -0.712. The molecular weight excluding hydrogens is 388 g/mol. The molecule has 1 aromatic rings. The number of hydrogen-bond donors (Lipinski definition) is 0. The van der Waals surface area contributed by atoms with Gasteiger partial charge in [-0.3, -0.25) is 4.79 Å². The Bertz CT molecular complexity index is 889. The molecule has 3 atom stereocenters. The summed E-state index contributed by atoms with van der Waals surface area (Å²) in [5.41, 5.74) is 0.196. The molecule has 162 valence electrons. The zero-order valence-electron chi connectivity index (χ0n) is 18.2. The quantitative estimate of drug-likeness (QED) is 0.598. The number of methoxy groups -OCH3 is 5. The van der Waals surface area contributed by atoms with Crippen molar-refractivity contribution in [1.29, 1.82) is 0 Å². The van der Waals surface area contributed by atoms with Gasteiger partial charge in [-0.1, -0.05) is 6.08 Å². The van der Waals surface area contributed by atoms with Gasteiger partial charge < -0.3 is 28.4 Å². The van der Waals surface area contributed by atoms with Gasteiger partial charge in [0.05, 0.1) is 41.0 Å². The van der Waals surface area contributed by atoms with E-state index in [1.807, 2.05) is 25.1 Å². The van der Waals surface area contributed by atoms with Crippen molar-refractivity contribution in [3.8, 4) is 17.2 Å². The molecule has 0 spiro atoms. The SMILES string of the molecule is C=CC[C@@]12C=C(OC)C(=O)C(OC)=C1O[C@H](C)[C@H]2c1cc(OC)c(OC)c(OC)c1. The molecule has 1 fully saturated rings. The van der Waals surface area contributed by atoms with Crippen molar-refractivity contribution in [3.05, 3.63) is 53.7 Å². The van der Waals surface area contributed by atoms with Crippen LogP contribution < -0.4 is 14.2 Å². The van der Waals surface area contributed by atoms with Crippen LogP contribution in [0.1, 0.15) is 24.8 Å². The summed E-state index contributed by atoms with van der Waals surface area (Å²) in [5, 5.41) is 0. The van der Waals surface area contributed by atoms with E-state index in [9.17, 15) is 4.79 Å². The van der Waals surface area contributed by atoms with Crippen LogP contribution in [-0.2, 0) is 19.0 Å². The summed E-state index contributed by atoms with van der Waals surface area (Å²) in [5.74, 6) is 1.91. The molecule has 3 rings (SSSR count). The highest BCUT2D eigenvalue weighted by molar-refractivity contribution is 6.07. The predicted molar refractivity (Wildman–Crippen MR) is 111 cm³/mol. The molecule has 0 N–H and O–H groups in total. The number of benzene rings is 1. The second kappa shape index (κ2) is 8.34. The summed E-state index contributed by atoms with van der Waals surface area (Å²) in [6.45, 7) is 5.90.